The molecule has 0 unspecified atom stereocenters. The van der Waals surface area contributed by atoms with Gasteiger partial charge >= 0.3 is 0 Å². The molecule has 4 rings (SSSR count). The molecule has 1 fully saturated rings. The Labute approximate surface area is 151 Å². The van der Waals surface area contributed by atoms with Gasteiger partial charge in [0.05, 0.1) is 16.3 Å². The van der Waals surface area contributed by atoms with Crippen LogP contribution >= 0.6 is 11.3 Å². The summed E-state index contributed by atoms with van der Waals surface area (Å²) in [6, 6.07) is 12.5. The summed E-state index contributed by atoms with van der Waals surface area (Å²) in [6.07, 6.45) is 5.36. The molecule has 4 nitrogen and oxygen atoms in total. The van der Waals surface area contributed by atoms with Crippen LogP contribution in [0, 0.1) is 6.92 Å². The molecular weight excluding hydrogens is 330 g/mol. The van der Waals surface area contributed by atoms with E-state index in [1.165, 1.54) is 5.56 Å². The number of H-pyrrole nitrogens is 1. The number of hydrogen-bond donors (Lipinski definition) is 1. The highest BCUT2D eigenvalue weighted by Crippen LogP contribution is 2.42. The SMILES string of the molecule is Cc1nc(C2(c3ccccc3)CCN(C(=O)c3cc[nH]c3)CC2)cs1. The Hall–Kier alpha value is -2.40. The minimum atomic E-state index is -0.0963. The lowest BCUT2D eigenvalue weighted by Gasteiger charge is -2.41. The van der Waals surface area contributed by atoms with Crippen molar-refractivity contribution in [1.29, 1.82) is 0 Å². The van der Waals surface area contributed by atoms with Gasteiger partial charge in [0, 0.05) is 36.3 Å². The minimum Gasteiger partial charge on any atom is -0.367 e. The summed E-state index contributed by atoms with van der Waals surface area (Å²) in [5.41, 5.74) is 3.08. The lowest BCUT2D eigenvalue weighted by Crippen LogP contribution is -2.45. The number of nitrogens with one attached hydrogen (secondary N) is 1. The molecule has 1 N–H and O–H groups in total. The van der Waals surface area contributed by atoms with Gasteiger partial charge in [-0.05, 0) is 31.4 Å². The molecule has 0 bridgehead atoms. The molecule has 0 aliphatic carbocycles. The van der Waals surface area contributed by atoms with Gasteiger partial charge in [0.25, 0.3) is 5.91 Å². The van der Waals surface area contributed by atoms with Crippen LogP contribution in [0.5, 0.6) is 0 Å². The Balaban J connectivity index is 1.63. The van der Waals surface area contributed by atoms with E-state index >= 15 is 0 Å². The monoisotopic (exact) mass is 351 g/mol. The number of hydrogen-bond acceptors (Lipinski definition) is 3. The molecule has 0 saturated carbocycles. The number of benzene rings is 1. The molecule has 2 aromatic heterocycles. The molecule has 1 aromatic carbocycles. The second-order valence-corrected chi connectivity index (χ2v) is 7.65. The molecule has 25 heavy (non-hydrogen) atoms. The van der Waals surface area contributed by atoms with E-state index in [1.807, 2.05) is 17.0 Å². The van der Waals surface area contributed by atoms with Crippen LogP contribution in [0.4, 0.5) is 0 Å². The van der Waals surface area contributed by atoms with E-state index in [0.717, 1.165) is 42.2 Å². The van der Waals surface area contributed by atoms with Gasteiger partial charge in [-0.3, -0.25) is 4.79 Å². The summed E-state index contributed by atoms with van der Waals surface area (Å²) in [7, 11) is 0. The van der Waals surface area contributed by atoms with E-state index in [2.05, 4.69) is 41.6 Å². The third kappa shape index (κ3) is 2.89. The number of carbonyl (C=O) groups excluding carboxylic acids is 1. The molecule has 128 valence electrons. The molecule has 0 spiro atoms. The number of nitrogens with zero attached hydrogens (tertiary/aromatic N) is 2. The van der Waals surface area contributed by atoms with Crippen LogP contribution < -0.4 is 0 Å². The molecule has 1 aliphatic rings. The zero-order valence-electron chi connectivity index (χ0n) is 14.2. The van der Waals surface area contributed by atoms with Crippen LogP contribution in [0.25, 0.3) is 0 Å². The summed E-state index contributed by atoms with van der Waals surface area (Å²) in [5.74, 6) is 0.109. The first-order chi connectivity index (χ1) is 12.2. The smallest absolute Gasteiger partial charge is 0.255 e. The second kappa shape index (κ2) is 6.48. The Kier molecular flexibility index (Phi) is 4.17. The van der Waals surface area contributed by atoms with Gasteiger partial charge in [-0.15, -0.1) is 11.3 Å². The summed E-state index contributed by atoms with van der Waals surface area (Å²) in [6.45, 7) is 3.54. The third-order valence-corrected chi connectivity index (χ3v) is 5.96. The van der Waals surface area contributed by atoms with Gasteiger partial charge in [0.2, 0.25) is 0 Å². The standard InChI is InChI=1S/C20H21N3OS/c1-15-22-18(14-25-15)20(17-5-3-2-4-6-17)8-11-23(12-9-20)19(24)16-7-10-21-13-16/h2-7,10,13-14,21H,8-9,11-12H2,1H3. The van der Waals surface area contributed by atoms with Gasteiger partial charge in [-0.25, -0.2) is 4.98 Å². The van der Waals surface area contributed by atoms with Crippen LogP contribution in [0.15, 0.2) is 54.2 Å². The minimum absolute atomic E-state index is 0.0963. The molecule has 1 aliphatic heterocycles. The number of thiazole rings is 1. The van der Waals surface area contributed by atoms with E-state index in [9.17, 15) is 4.79 Å². The maximum Gasteiger partial charge on any atom is 0.255 e. The lowest BCUT2D eigenvalue weighted by atomic mass is 9.70. The van der Waals surface area contributed by atoms with Gasteiger partial charge < -0.3 is 9.88 Å². The van der Waals surface area contributed by atoms with Gasteiger partial charge in [0.1, 0.15) is 0 Å². The summed E-state index contributed by atoms with van der Waals surface area (Å²) in [4.78, 5) is 22.4. The molecule has 5 heteroatoms. The van der Waals surface area contributed by atoms with E-state index in [4.69, 9.17) is 4.98 Å². The van der Waals surface area contributed by atoms with Crippen molar-refractivity contribution in [3.63, 3.8) is 0 Å². The molecular formula is C20H21N3OS. The lowest BCUT2D eigenvalue weighted by molar-refractivity contribution is 0.0684. The van der Waals surface area contributed by atoms with Gasteiger partial charge in [-0.2, -0.15) is 0 Å². The number of aryl methyl sites for hydroxylation is 1. The van der Waals surface area contributed by atoms with Crippen molar-refractivity contribution < 1.29 is 4.79 Å². The number of carbonyl (C=O) groups is 1. The Morgan fingerprint density at radius 2 is 1.96 bits per heavy atom. The first-order valence-corrected chi connectivity index (χ1v) is 9.47. The quantitative estimate of drug-likeness (QED) is 0.775. The van der Waals surface area contributed by atoms with E-state index in [1.54, 1.807) is 23.7 Å². The van der Waals surface area contributed by atoms with Crippen LogP contribution in [0.2, 0.25) is 0 Å². The summed E-state index contributed by atoms with van der Waals surface area (Å²) >= 11 is 1.70. The summed E-state index contributed by atoms with van der Waals surface area (Å²) in [5, 5.41) is 3.28. The van der Waals surface area contributed by atoms with Crippen LogP contribution in [0.3, 0.4) is 0 Å². The van der Waals surface area contributed by atoms with Gasteiger partial charge in [-0.1, -0.05) is 30.3 Å². The van der Waals surface area contributed by atoms with Crippen molar-refractivity contribution in [1.82, 2.24) is 14.9 Å². The second-order valence-electron chi connectivity index (χ2n) is 6.59. The van der Waals surface area contributed by atoms with Crippen molar-refractivity contribution in [2.45, 2.75) is 25.2 Å². The maximum absolute atomic E-state index is 12.6. The zero-order chi connectivity index (χ0) is 17.3. The first kappa shape index (κ1) is 16.1. The predicted molar refractivity (Wildman–Crippen MR) is 100 cm³/mol. The number of amides is 1. The van der Waals surface area contributed by atoms with E-state index in [-0.39, 0.29) is 11.3 Å². The number of aromatic amines is 1. The zero-order valence-corrected chi connectivity index (χ0v) is 15.1. The topological polar surface area (TPSA) is 49.0 Å². The fourth-order valence-electron chi connectivity index (χ4n) is 3.76. The Morgan fingerprint density at radius 1 is 1.20 bits per heavy atom. The number of piperidine rings is 1. The fourth-order valence-corrected chi connectivity index (χ4v) is 4.48. The average Bonchev–Trinajstić information content (AvgIpc) is 3.34. The third-order valence-electron chi connectivity index (χ3n) is 5.18. The number of rotatable bonds is 3. The number of aromatic nitrogens is 2. The first-order valence-electron chi connectivity index (χ1n) is 8.59. The summed E-state index contributed by atoms with van der Waals surface area (Å²) < 4.78 is 0. The van der Waals surface area contributed by atoms with E-state index < -0.39 is 0 Å². The molecule has 0 radical (unpaired) electrons. The normalized spacial score (nSPS) is 16.8. The molecule has 1 saturated heterocycles. The highest BCUT2D eigenvalue weighted by Gasteiger charge is 2.40. The van der Waals surface area contributed by atoms with Crippen molar-refractivity contribution >= 4 is 17.2 Å². The molecule has 3 heterocycles. The number of likely N-dealkylation sites (tertiary alicyclic amines) is 1. The average molecular weight is 351 g/mol. The van der Waals surface area contributed by atoms with Crippen molar-refractivity contribution in [3.8, 4) is 0 Å². The largest absolute Gasteiger partial charge is 0.367 e. The molecule has 3 aromatic rings. The maximum atomic E-state index is 12.6. The van der Waals surface area contributed by atoms with Crippen LogP contribution in [-0.4, -0.2) is 33.9 Å². The van der Waals surface area contributed by atoms with E-state index in [0.29, 0.717) is 0 Å². The van der Waals surface area contributed by atoms with Crippen molar-refractivity contribution in [2.24, 2.45) is 0 Å². The van der Waals surface area contributed by atoms with Crippen molar-refractivity contribution in [3.05, 3.63) is 76.0 Å². The fraction of sp³-hybridized carbons (Fsp3) is 0.300. The molecule has 0 atom stereocenters. The predicted octanol–water partition coefficient (Wildman–Crippen LogP) is 4.00. The van der Waals surface area contributed by atoms with Crippen LogP contribution in [0.1, 0.15) is 39.5 Å². The highest BCUT2D eigenvalue weighted by atomic mass is 32.1. The Bertz CT molecular complexity index is 846. The Morgan fingerprint density at radius 3 is 2.56 bits per heavy atom. The van der Waals surface area contributed by atoms with Crippen LogP contribution in [-0.2, 0) is 5.41 Å². The van der Waals surface area contributed by atoms with Crippen molar-refractivity contribution in [2.75, 3.05) is 13.1 Å². The highest BCUT2D eigenvalue weighted by molar-refractivity contribution is 7.09. The molecule has 1 amide bonds. The van der Waals surface area contributed by atoms with Gasteiger partial charge in [0.15, 0.2) is 0 Å².